The standard InChI is InChI=1S/C15H30/c1-7-15(5,6)13-11-9-8-10-12(13)14(2,3)4/h12-13H,7-11H2,1-6H3. The van der Waals surface area contributed by atoms with E-state index in [4.69, 9.17) is 0 Å². The maximum Gasteiger partial charge on any atom is -0.0326 e. The molecule has 0 amide bonds. The van der Waals surface area contributed by atoms with Gasteiger partial charge in [0.15, 0.2) is 0 Å². The summed E-state index contributed by atoms with van der Waals surface area (Å²) in [4.78, 5) is 0. The SMILES string of the molecule is CCC(C)(C)C1CCCCC1C(C)(C)C. The minimum atomic E-state index is 0.498. The van der Waals surface area contributed by atoms with Gasteiger partial charge >= 0.3 is 0 Å². The molecule has 2 atom stereocenters. The second-order valence-corrected chi connectivity index (χ2v) is 7.21. The second kappa shape index (κ2) is 4.47. The van der Waals surface area contributed by atoms with Gasteiger partial charge in [-0.3, -0.25) is 0 Å². The molecule has 0 saturated heterocycles. The van der Waals surface area contributed by atoms with Crippen LogP contribution < -0.4 is 0 Å². The summed E-state index contributed by atoms with van der Waals surface area (Å²) in [6.45, 7) is 14.6. The second-order valence-electron chi connectivity index (χ2n) is 7.21. The number of hydrogen-bond acceptors (Lipinski definition) is 0. The highest BCUT2D eigenvalue weighted by Gasteiger charge is 2.40. The van der Waals surface area contributed by atoms with Crippen molar-refractivity contribution in [1.29, 1.82) is 0 Å². The van der Waals surface area contributed by atoms with Crippen LogP contribution >= 0.6 is 0 Å². The molecule has 0 aromatic rings. The summed E-state index contributed by atoms with van der Waals surface area (Å²) in [5.41, 5.74) is 1.04. The van der Waals surface area contributed by atoms with E-state index in [9.17, 15) is 0 Å². The van der Waals surface area contributed by atoms with E-state index in [-0.39, 0.29) is 0 Å². The third-order valence-electron chi connectivity index (χ3n) is 4.79. The lowest BCUT2D eigenvalue weighted by molar-refractivity contribution is 0.0218. The Hall–Kier alpha value is 0. The van der Waals surface area contributed by atoms with Gasteiger partial charge in [0.25, 0.3) is 0 Å². The summed E-state index contributed by atoms with van der Waals surface area (Å²) in [7, 11) is 0. The van der Waals surface area contributed by atoms with Crippen molar-refractivity contribution in [3.63, 3.8) is 0 Å². The quantitative estimate of drug-likeness (QED) is 0.582. The zero-order valence-electron chi connectivity index (χ0n) is 11.7. The Balaban J connectivity index is 2.83. The van der Waals surface area contributed by atoms with Crippen molar-refractivity contribution in [2.75, 3.05) is 0 Å². The van der Waals surface area contributed by atoms with Crippen LogP contribution in [-0.2, 0) is 0 Å². The van der Waals surface area contributed by atoms with Gasteiger partial charge in [-0.1, -0.05) is 60.8 Å². The van der Waals surface area contributed by atoms with Crippen molar-refractivity contribution in [1.82, 2.24) is 0 Å². The molecule has 0 radical (unpaired) electrons. The highest BCUT2D eigenvalue weighted by atomic mass is 14.5. The van der Waals surface area contributed by atoms with Gasteiger partial charge in [-0.2, -0.15) is 0 Å². The maximum atomic E-state index is 2.47. The molecule has 0 aromatic heterocycles. The zero-order chi connectivity index (χ0) is 11.7. The predicted molar refractivity (Wildman–Crippen MR) is 69.0 cm³/mol. The van der Waals surface area contributed by atoms with Crippen molar-refractivity contribution < 1.29 is 0 Å². The molecule has 1 rings (SSSR count). The Kier molecular flexibility index (Phi) is 3.90. The van der Waals surface area contributed by atoms with Crippen molar-refractivity contribution in [3.8, 4) is 0 Å². The van der Waals surface area contributed by atoms with Gasteiger partial charge in [0.2, 0.25) is 0 Å². The maximum absolute atomic E-state index is 2.47. The number of rotatable bonds is 2. The highest BCUT2D eigenvalue weighted by molar-refractivity contribution is 4.90. The minimum absolute atomic E-state index is 0.498. The molecule has 0 aliphatic heterocycles. The molecule has 0 bridgehead atoms. The van der Waals surface area contributed by atoms with Crippen molar-refractivity contribution in [2.45, 2.75) is 73.6 Å². The average Bonchev–Trinajstić information content (AvgIpc) is 2.16. The first-order chi connectivity index (χ1) is 6.79. The van der Waals surface area contributed by atoms with E-state index >= 15 is 0 Å². The zero-order valence-corrected chi connectivity index (χ0v) is 11.7. The topological polar surface area (TPSA) is 0 Å². The normalized spacial score (nSPS) is 29.2. The number of hydrogen-bond donors (Lipinski definition) is 0. The third-order valence-corrected chi connectivity index (χ3v) is 4.79. The van der Waals surface area contributed by atoms with Crippen LogP contribution in [-0.4, -0.2) is 0 Å². The monoisotopic (exact) mass is 210 g/mol. The van der Waals surface area contributed by atoms with Gasteiger partial charge in [-0.05, 0) is 35.5 Å². The van der Waals surface area contributed by atoms with Crippen molar-refractivity contribution >= 4 is 0 Å². The van der Waals surface area contributed by atoms with Gasteiger partial charge in [0.1, 0.15) is 0 Å². The molecule has 90 valence electrons. The summed E-state index contributed by atoms with van der Waals surface area (Å²) in [6.07, 6.45) is 7.16. The molecule has 1 fully saturated rings. The largest absolute Gasteiger partial charge is 0.0649 e. The molecule has 0 aromatic carbocycles. The molecular formula is C15H30. The smallest absolute Gasteiger partial charge is 0.0326 e. The molecule has 0 N–H and O–H groups in total. The van der Waals surface area contributed by atoms with Gasteiger partial charge in [-0.15, -0.1) is 0 Å². The molecule has 15 heavy (non-hydrogen) atoms. The Labute approximate surface area is 96.8 Å². The molecule has 1 aliphatic rings. The summed E-state index contributed by atoms with van der Waals surface area (Å²) in [6, 6.07) is 0. The van der Waals surface area contributed by atoms with Gasteiger partial charge in [0, 0.05) is 0 Å². The minimum Gasteiger partial charge on any atom is -0.0649 e. The van der Waals surface area contributed by atoms with E-state index in [1.807, 2.05) is 0 Å². The van der Waals surface area contributed by atoms with Crippen LogP contribution in [0.4, 0.5) is 0 Å². The van der Waals surface area contributed by atoms with E-state index in [1.165, 1.54) is 32.1 Å². The molecule has 0 spiro atoms. The van der Waals surface area contributed by atoms with Crippen LogP contribution in [0, 0.1) is 22.7 Å². The van der Waals surface area contributed by atoms with Gasteiger partial charge < -0.3 is 0 Å². The van der Waals surface area contributed by atoms with Crippen LogP contribution in [0.2, 0.25) is 0 Å². The fourth-order valence-electron chi connectivity index (χ4n) is 3.36. The highest BCUT2D eigenvalue weighted by Crippen LogP contribution is 2.50. The Morgan fingerprint density at radius 3 is 1.73 bits per heavy atom. The lowest BCUT2D eigenvalue weighted by atomic mass is 9.58. The molecular weight excluding hydrogens is 180 g/mol. The van der Waals surface area contributed by atoms with Crippen LogP contribution in [0.15, 0.2) is 0 Å². The van der Waals surface area contributed by atoms with Crippen LogP contribution in [0.5, 0.6) is 0 Å². The van der Waals surface area contributed by atoms with Crippen molar-refractivity contribution in [2.24, 2.45) is 22.7 Å². The lowest BCUT2D eigenvalue weighted by Gasteiger charge is -2.48. The molecule has 1 saturated carbocycles. The van der Waals surface area contributed by atoms with Crippen LogP contribution in [0.25, 0.3) is 0 Å². The summed E-state index contributed by atoms with van der Waals surface area (Å²) >= 11 is 0. The van der Waals surface area contributed by atoms with Crippen LogP contribution in [0.3, 0.4) is 0 Å². The van der Waals surface area contributed by atoms with E-state index in [2.05, 4.69) is 41.5 Å². The third kappa shape index (κ3) is 2.98. The van der Waals surface area contributed by atoms with E-state index in [0.29, 0.717) is 10.8 Å². The Morgan fingerprint density at radius 2 is 1.33 bits per heavy atom. The van der Waals surface area contributed by atoms with Crippen LogP contribution in [0.1, 0.15) is 73.6 Å². The van der Waals surface area contributed by atoms with E-state index in [1.54, 1.807) is 0 Å². The molecule has 1 aliphatic carbocycles. The summed E-state index contributed by atoms with van der Waals surface area (Å²) in [5, 5.41) is 0. The average molecular weight is 210 g/mol. The Bertz CT molecular complexity index is 195. The van der Waals surface area contributed by atoms with Gasteiger partial charge in [-0.25, -0.2) is 0 Å². The first kappa shape index (κ1) is 13.1. The summed E-state index contributed by atoms with van der Waals surface area (Å²) < 4.78 is 0. The van der Waals surface area contributed by atoms with Gasteiger partial charge in [0.05, 0.1) is 0 Å². The fourth-order valence-corrected chi connectivity index (χ4v) is 3.36. The fraction of sp³-hybridized carbons (Fsp3) is 1.00. The van der Waals surface area contributed by atoms with Crippen molar-refractivity contribution in [3.05, 3.63) is 0 Å². The molecule has 0 heterocycles. The Morgan fingerprint density at radius 1 is 0.867 bits per heavy atom. The molecule has 0 nitrogen and oxygen atoms in total. The molecule has 2 unspecified atom stereocenters. The first-order valence-corrected chi connectivity index (χ1v) is 6.79. The summed E-state index contributed by atoms with van der Waals surface area (Å²) in [5.74, 6) is 1.87. The molecule has 0 heteroatoms. The van der Waals surface area contributed by atoms with E-state index < -0.39 is 0 Å². The first-order valence-electron chi connectivity index (χ1n) is 6.79. The predicted octanol–water partition coefficient (Wildman–Crippen LogP) is 5.28. The van der Waals surface area contributed by atoms with E-state index in [0.717, 1.165) is 11.8 Å². The lowest BCUT2D eigenvalue weighted by Crippen LogP contribution is -2.39.